The predicted octanol–water partition coefficient (Wildman–Crippen LogP) is 3.01. The van der Waals surface area contributed by atoms with Crippen LogP contribution in [0.15, 0.2) is 42.7 Å². The molecule has 0 atom stereocenters. The molecule has 0 saturated carbocycles. The molecule has 33 heavy (non-hydrogen) atoms. The quantitative estimate of drug-likeness (QED) is 0.699. The molecule has 0 N–H and O–H groups in total. The summed E-state index contributed by atoms with van der Waals surface area (Å²) in [4.78, 5) is 29.1. The number of nitrogens with zero attached hydrogens (tertiary/aromatic N) is 5. The number of piperidine rings is 2. The molecule has 0 aliphatic carbocycles. The maximum Gasteiger partial charge on any atom is 0.225 e. The van der Waals surface area contributed by atoms with E-state index >= 15 is 0 Å². The van der Waals surface area contributed by atoms with Gasteiger partial charge in [-0.05, 0) is 43.6 Å². The van der Waals surface area contributed by atoms with Crippen LogP contribution < -0.4 is 9.80 Å². The zero-order valence-corrected chi connectivity index (χ0v) is 19.4. The monoisotopic (exact) mass is 449 g/mol. The second kappa shape index (κ2) is 10.5. The van der Waals surface area contributed by atoms with E-state index in [-0.39, 0.29) is 5.92 Å². The highest BCUT2D eigenvalue weighted by Gasteiger charge is 2.31. The van der Waals surface area contributed by atoms with Crippen molar-refractivity contribution in [3.05, 3.63) is 48.3 Å². The fourth-order valence-electron chi connectivity index (χ4n) is 5.36. The second-order valence-electron chi connectivity index (χ2n) is 9.55. The van der Waals surface area contributed by atoms with Gasteiger partial charge in [0.05, 0.1) is 25.6 Å². The van der Waals surface area contributed by atoms with Gasteiger partial charge in [0.1, 0.15) is 11.6 Å². The maximum atomic E-state index is 13.2. The summed E-state index contributed by atoms with van der Waals surface area (Å²) in [6.45, 7) is 6.73. The van der Waals surface area contributed by atoms with Gasteiger partial charge in [0, 0.05) is 45.2 Å². The van der Waals surface area contributed by atoms with Crippen LogP contribution in [0.25, 0.3) is 0 Å². The Hall–Kier alpha value is -2.67. The Bertz CT molecular complexity index is 902. The lowest BCUT2D eigenvalue weighted by atomic mass is 9.88. The molecule has 1 aromatic heterocycles. The molecule has 2 aromatic rings. The van der Waals surface area contributed by atoms with Gasteiger partial charge >= 0.3 is 0 Å². The lowest BCUT2D eigenvalue weighted by Gasteiger charge is -2.38. The van der Waals surface area contributed by atoms with Gasteiger partial charge in [0.15, 0.2) is 0 Å². The van der Waals surface area contributed by atoms with Gasteiger partial charge < -0.3 is 19.4 Å². The Morgan fingerprint density at radius 2 is 1.48 bits per heavy atom. The number of amides is 1. The molecule has 1 amide bonds. The Morgan fingerprint density at radius 1 is 0.848 bits per heavy atom. The molecule has 3 aliphatic rings. The summed E-state index contributed by atoms with van der Waals surface area (Å²) in [5, 5.41) is 0. The number of hydrogen-bond acceptors (Lipinski definition) is 6. The highest BCUT2D eigenvalue weighted by atomic mass is 16.5. The lowest BCUT2D eigenvalue weighted by molar-refractivity contribution is -0.137. The van der Waals surface area contributed by atoms with E-state index in [1.807, 2.05) is 12.4 Å². The van der Waals surface area contributed by atoms with Crippen molar-refractivity contribution >= 4 is 17.5 Å². The van der Waals surface area contributed by atoms with Crippen LogP contribution in [0.5, 0.6) is 0 Å². The number of ether oxygens (including phenoxy) is 1. The number of hydrogen-bond donors (Lipinski definition) is 0. The third-order valence-electron chi connectivity index (χ3n) is 7.41. The fraction of sp³-hybridized carbons (Fsp3) is 0.577. The van der Waals surface area contributed by atoms with E-state index in [4.69, 9.17) is 9.72 Å². The SMILES string of the molecule is O=C(C1CCN(c2cncc(N3CCOCC3)n2)CC1)N1CCC(Cc2ccccc2)CC1. The maximum absolute atomic E-state index is 13.2. The predicted molar refractivity (Wildman–Crippen MR) is 129 cm³/mol. The van der Waals surface area contributed by atoms with Crippen LogP contribution in [0.3, 0.4) is 0 Å². The number of anilines is 2. The van der Waals surface area contributed by atoms with Crippen LogP contribution >= 0.6 is 0 Å². The first kappa shape index (κ1) is 22.1. The lowest BCUT2D eigenvalue weighted by Crippen LogP contribution is -2.46. The summed E-state index contributed by atoms with van der Waals surface area (Å²) in [7, 11) is 0. The number of likely N-dealkylation sites (tertiary alicyclic amines) is 1. The van der Waals surface area contributed by atoms with E-state index in [0.29, 0.717) is 11.8 Å². The van der Waals surface area contributed by atoms with E-state index in [1.165, 1.54) is 5.56 Å². The molecule has 176 valence electrons. The summed E-state index contributed by atoms with van der Waals surface area (Å²) in [6.07, 6.45) is 8.84. The van der Waals surface area contributed by atoms with E-state index in [1.54, 1.807) is 0 Å². The zero-order valence-electron chi connectivity index (χ0n) is 19.4. The van der Waals surface area contributed by atoms with Crippen molar-refractivity contribution in [2.45, 2.75) is 32.1 Å². The topological polar surface area (TPSA) is 61.8 Å². The minimum Gasteiger partial charge on any atom is -0.378 e. The molecule has 3 aliphatic heterocycles. The van der Waals surface area contributed by atoms with Crippen LogP contribution in [0.1, 0.15) is 31.2 Å². The van der Waals surface area contributed by atoms with Gasteiger partial charge in [0.25, 0.3) is 0 Å². The van der Waals surface area contributed by atoms with E-state index in [0.717, 1.165) is 96.2 Å². The molecular weight excluding hydrogens is 414 g/mol. The second-order valence-corrected chi connectivity index (χ2v) is 9.55. The first-order valence-corrected chi connectivity index (χ1v) is 12.5. The third-order valence-corrected chi connectivity index (χ3v) is 7.41. The van der Waals surface area contributed by atoms with Gasteiger partial charge in [-0.15, -0.1) is 0 Å². The first-order valence-electron chi connectivity index (χ1n) is 12.5. The molecule has 0 radical (unpaired) electrons. The Kier molecular flexibility index (Phi) is 7.05. The van der Waals surface area contributed by atoms with Crippen molar-refractivity contribution in [2.24, 2.45) is 11.8 Å². The number of carbonyl (C=O) groups is 1. The number of carbonyl (C=O) groups excluding carboxylic acids is 1. The third kappa shape index (κ3) is 5.46. The number of aromatic nitrogens is 2. The molecule has 3 fully saturated rings. The molecule has 1 aromatic carbocycles. The van der Waals surface area contributed by atoms with Crippen molar-refractivity contribution < 1.29 is 9.53 Å². The standard InChI is InChI=1S/C26H35N5O2/c32-26(31-10-6-22(7-11-31)18-21-4-2-1-3-5-21)23-8-12-29(13-9-23)24-19-27-20-25(28-24)30-14-16-33-17-15-30/h1-5,19-20,22-23H,6-18H2. The molecule has 0 spiro atoms. The molecule has 7 heteroatoms. The normalized spacial score (nSPS) is 20.8. The Balaban J connectivity index is 1.10. The van der Waals surface area contributed by atoms with E-state index in [9.17, 15) is 4.79 Å². The summed E-state index contributed by atoms with van der Waals surface area (Å²) >= 11 is 0. The minimum atomic E-state index is 0.141. The van der Waals surface area contributed by atoms with Crippen molar-refractivity contribution in [3.8, 4) is 0 Å². The average molecular weight is 450 g/mol. The van der Waals surface area contributed by atoms with Crippen molar-refractivity contribution in [1.82, 2.24) is 14.9 Å². The molecule has 7 nitrogen and oxygen atoms in total. The average Bonchev–Trinajstić information content (AvgIpc) is 2.90. The highest BCUT2D eigenvalue weighted by molar-refractivity contribution is 5.79. The number of morpholine rings is 1. The summed E-state index contributed by atoms with van der Waals surface area (Å²) < 4.78 is 5.45. The van der Waals surface area contributed by atoms with Gasteiger partial charge in [-0.3, -0.25) is 9.78 Å². The Labute approximate surface area is 196 Å². The molecule has 3 saturated heterocycles. The van der Waals surface area contributed by atoms with Gasteiger partial charge in [-0.25, -0.2) is 4.98 Å². The highest BCUT2D eigenvalue weighted by Crippen LogP contribution is 2.27. The number of rotatable bonds is 5. The molecular formula is C26H35N5O2. The molecule has 5 rings (SSSR count). The smallest absolute Gasteiger partial charge is 0.225 e. The van der Waals surface area contributed by atoms with Crippen molar-refractivity contribution in [3.63, 3.8) is 0 Å². The first-order chi connectivity index (χ1) is 16.3. The van der Waals surface area contributed by atoms with Crippen molar-refractivity contribution in [1.29, 1.82) is 0 Å². The zero-order chi connectivity index (χ0) is 22.5. The van der Waals surface area contributed by atoms with Crippen LogP contribution in [0.4, 0.5) is 11.6 Å². The summed E-state index contributed by atoms with van der Waals surface area (Å²) in [5.41, 5.74) is 1.41. The van der Waals surface area contributed by atoms with Gasteiger partial charge in [-0.2, -0.15) is 0 Å². The van der Waals surface area contributed by atoms with E-state index < -0.39 is 0 Å². The summed E-state index contributed by atoms with van der Waals surface area (Å²) in [6, 6.07) is 10.7. The molecule has 4 heterocycles. The van der Waals surface area contributed by atoms with Crippen LogP contribution in [0.2, 0.25) is 0 Å². The molecule has 0 unspecified atom stereocenters. The fourth-order valence-corrected chi connectivity index (χ4v) is 5.36. The Morgan fingerprint density at radius 3 is 2.15 bits per heavy atom. The summed E-state index contributed by atoms with van der Waals surface area (Å²) in [5.74, 6) is 3.04. The minimum absolute atomic E-state index is 0.141. The van der Waals surface area contributed by atoms with Crippen LogP contribution in [-0.2, 0) is 16.0 Å². The van der Waals surface area contributed by atoms with Gasteiger partial charge in [-0.1, -0.05) is 30.3 Å². The van der Waals surface area contributed by atoms with E-state index in [2.05, 4.69) is 50.0 Å². The van der Waals surface area contributed by atoms with Crippen LogP contribution in [-0.4, -0.2) is 73.3 Å². The molecule has 0 bridgehead atoms. The van der Waals surface area contributed by atoms with Crippen molar-refractivity contribution in [2.75, 3.05) is 62.3 Å². The largest absolute Gasteiger partial charge is 0.378 e. The van der Waals surface area contributed by atoms with Crippen LogP contribution in [0, 0.1) is 11.8 Å². The van der Waals surface area contributed by atoms with Gasteiger partial charge in [0.2, 0.25) is 5.91 Å². The number of benzene rings is 1.